The SMILES string of the molecule is CC(S)C(=O)OCc1ccccc1F. The van der Waals surface area contributed by atoms with E-state index >= 15 is 0 Å². The van der Waals surface area contributed by atoms with Gasteiger partial charge in [0, 0.05) is 5.56 Å². The summed E-state index contributed by atoms with van der Waals surface area (Å²) < 4.78 is 17.8. The molecule has 0 heterocycles. The summed E-state index contributed by atoms with van der Waals surface area (Å²) in [6.45, 7) is 1.56. The fraction of sp³-hybridized carbons (Fsp3) is 0.300. The van der Waals surface area contributed by atoms with Gasteiger partial charge in [0.2, 0.25) is 0 Å². The Kier molecular flexibility index (Phi) is 3.95. The highest BCUT2D eigenvalue weighted by molar-refractivity contribution is 7.81. The molecule has 0 saturated heterocycles. The summed E-state index contributed by atoms with van der Waals surface area (Å²) in [5.41, 5.74) is 0.370. The number of halogens is 1. The molecule has 0 radical (unpaired) electrons. The molecule has 1 rings (SSSR count). The van der Waals surface area contributed by atoms with Crippen molar-refractivity contribution < 1.29 is 13.9 Å². The summed E-state index contributed by atoms with van der Waals surface area (Å²) in [7, 11) is 0. The fourth-order valence-electron chi connectivity index (χ4n) is 0.885. The van der Waals surface area contributed by atoms with Crippen molar-refractivity contribution in [2.24, 2.45) is 0 Å². The number of thiol groups is 1. The number of carbonyl (C=O) groups is 1. The third-order valence-electron chi connectivity index (χ3n) is 1.67. The van der Waals surface area contributed by atoms with Crippen molar-refractivity contribution >= 4 is 18.6 Å². The third-order valence-corrected chi connectivity index (χ3v) is 1.88. The molecule has 4 heteroatoms. The van der Waals surface area contributed by atoms with E-state index in [1.807, 2.05) is 0 Å². The first-order valence-electron chi connectivity index (χ1n) is 4.19. The van der Waals surface area contributed by atoms with Gasteiger partial charge in [0.15, 0.2) is 0 Å². The minimum atomic E-state index is -0.484. The smallest absolute Gasteiger partial charge is 0.318 e. The van der Waals surface area contributed by atoms with Crippen molar-refractivity contribution in [2.75, 3.05) is 0 Å². The van der Waals surface area contributed by atoms with Crippen LogP contribution in [0, 0.1) is 5.82 Å². The van der Waals surface area contributed by atoms with Crippen LogP contribution in [0.5, 0.6) is 0 Å². The van der Waals surface area contributed by atoms with E-state index in [0.29, 0.717) is 5.56 Å². The number of esters is 1. The largest absolute Gasteiger partial charge is 0.460 e. The van der Waals surface area contributed by atoms with Crippen LogP contribution >= 0.6 is 12.6 Å². The first-order valence-corrected chi connectivity index (χ1v) is 4.71. The Morgan fingerprint density at radius 2 is 2.21 bits per heavy atom. The van der Waals surface area contributed by atoms with Crippen molar-refractivity contribution in [1.82, 2.24) is 0 Å². The molecule has 0 aliphatic rings. The average Bonchev–Trinajstić information content (AvgIpc) is 2.16. The molecular weight excluding hydrogens is 203 g/mol. The van der Waals surface area contributed by atoms with Crippen LogP contribution in [-0.4, -0.2) is 11.2 Å². The zero-order valence-electron chi connectivity index (χ0n) is 7.74. The maximum atomic E-state index is 13.0. The van der Waals surface area contributed by atoms with Gasteiger partial charge in [-0.3, -0.25) is 4.79 Å². The maximum Gasteiger partial charge on any atom is 0.318 e. The van der Waals surface area contributed by atoms with Crippen LogP contribution in [0.15, 0.2) is 24.3 Å². The van der Waals surface area contributed by atoms with Gasteiger partial charge in [-0.15, -0.1) is 0 Å². The van der Waals surface area contributed by atoms with Crippen LogP contribution in [0.2, 0.25) is 0 Å². The fourth-order valence-corrected chi connectivity index (χ4v) is 0.959. The number of hydrogen-bond donors (Lipinski definition) is 1. The Balaban J connectivity index is 2.54. The maximum absolute atomic E-state index is 13.0. The molecule has 0 fully saturated rings. The third kappa shape index (κ3) is 3.03. The molecule has 14 heavy (non-hydrogen) atoms. The predicted molar refractivity (Wildman–Crippen MR) is 54.6 cm³/mol. The molecule has 76 valence electrons. The van der Waals surface area contributed by atoms with Crippen LogP contribution in [0.25, 0.3) is 0 Å². The molecule has 0 aliphatic carbocycles. The highest BCUT2D eigenvalue weighted by Crippen LogP contribution is 2.08. The number of carbonyl (C=O) groups excluding carboxylic acids is 1. The second-order valence-corrected chi connectivity index (χ2v) is 3.65. The molecular formula is C10H11FO2S. The van der Waals surface area contributed by atoms with E-state index in [9.17, 15) is 9.18 Å². The van der Waals surface area contributed by atoms with Crippen molar-refractivity contribution in [2.45, 2.75) is 18.8 Å². The van der Waals surface area contributed by atoms with Gasteiger partial charge < -0.3 is 4.74 Å². The van der Waals surface area contributed by atoms with Gasteiger partial charge in [-0.05, 0) is 13.0 Å². The number of rotatable bonds is 3. The molecule has 1 aromatic carbocycles. The molecule has 1 aromatic rings. The van der Waals surface area contributed by atoms with Gasteiger partial charge >= 0.3 is 5.97 Å². The second kappa shape index (κ2) is 5.00. The summed E-state index contributed by atoms with van der Waals surface area (Å²) in [5, 5.41) is -0.484. The van der Waals surface area contributed by atoms with E-state index in [0.717, 1.165) is 0 Å². The van der Waals surface area contributed by atoms with Crippen molar-refractivity contribution in [1.29, 1.82) is 0 Å². The Hall–Kier alpha value is -1.03. The van der Waals surface area contributed by atoms with Crippen LogP contribution in [0.3, 0.4) is 0 Å². The van der Waals surface area contributed by atoms with E-state index < -0.39 is 11.2 Å². The molecule has 0 saturated carbocycles. The van der Waals surface area contributed by atoms with Crippen molar-refractivity contribution in [3.05, 3.63) is 35.6 Å². The monoisotopic (exact) mass is 214 g/mol. The zero-order chi connectivity index (χ0) is 10.6. The van der Waals surface area contributed by atoms with Crippen LogP contribution < -0.4 is 0 Å². The molecule has 0 aliphatic heterocycles. The van der Waals surface area contributed by atoms with Crippen molar-refractivity contribution in [3.8, 4) is 0 Å². The molecule has 0 N–H and O–H groups in total. The van der Waals surface area contributed by atoms with Gasteiger partial charge in [-0.25, -0.2) is 4.39 Å². The summed E-state index contributed by atoms with van der Waals surface area (Å²) in [6.07, 6.45) is 0. The second-order valence-electron chi connectivity index (χ2n) is 2.88. The molecule has 0 amide bonds. The first kappa shape index (κ1) is 11.0. The molecule has 1 unspecified atom stereocenters. The Labute approximate surface area is 87.5 Å². The average molecular weight is 214 g/mol. The standard InChI is InChI=1S/C10H11FO2S/c1-7(14)10(12)13-6-8-4-2-3-5-9(8)11/h2-5,7,14H,6H2,1H3. The van der Waals surface area contributed by atoms with E-state index in [1.165, 1.54) is 6.07 Å². The van der Waals surface area contributed by atoms with Gasteiger partial charge in [-0.2, -0.15) is 12.6 Å². The van der Waals surface area contributed by atoms with Crippen LogP contribution in [0.1, 0.15) is 12.5 Å². The summed E-state index contributed by atoms with van der Waals surface area (Å²) in [4.78, 5) is 11.0. The predicted octanol–water partition coefficient (Wildman–Crippen LogP) is 2.19. The number of ether oxygens (including phenoxy) is 1. The van der Waals surface area contributed by atoms with E-state index in [4.69, 9.17) is 4.74 Å². The normalized spacial score (nSPS) is 12.2. The lowest BCUT2D eigenvalue weighted by atomic mass is 10.2. The molecule has 2 nitrogen and oxygen atoms in total. The Bertz CT molecular complexity index is 326. The van der Waals surface area contributed by atoms with E-state index in [1.54, 1.807) is 25.1 Å². The lowest BCUT2D eigenvalue weighted by Crippen LogP contribution is -2.14. The number of hydrogen-bond acceptors (Lipinski definition) is 3. The van der Waals surface area contributed by atoms with E-state index in [2.05, 4.69) is 12.6 Å². The molecule has 1 atom stereocenters. The van der Waals surface area contributed by atoms with Gasteiger partial charge in [0.1, 0.15) is 12.4 Å². The van der Waals surface area contributed by atoms with Crippen LogP contribution in [0.4, 0.5) is 4.39 Å². The summed E-state index contributed by atoms with van der Waals surface area (Å²) in [6, 6.07) is 6.18. The quantitative estimate of drug-likeness (QED) is 0.616. The zero-order valence-corrected chi connectivity index (χ0v) is 8.63. The highest BCUT2D eigenvalue weighted by atomic mass is 32.1. The Morgan fingerprint density at radius 3 is 2.79 bits per heavy atom. The lowest BCUT2D eigenvalue weighted by molar-refractivity contribution is -0.143. The molecule has 0 spiro atoms. The molecule has 0 aromatic heterocycles. The highest BCUT2D eigenvalue weighted by Gasteiger charge is 2.10. The Morgan fingerprint density at radius 1 is 1.57 bits per heavy atom. The topological polar surface area (TPSA) is 26.3 Å². The minimum Gasteiger partial charge on any atom is -0.460 e. The van der Waals surface area contributed by atoms with Gasteiger partial charge in [0.05, 0.1) is 5.25 Å². The van der Waals surface area contributed by atoms with E-state index in [-0.39, 0.29) is 12.4 Å². The van der Waals surface area contributed by atoms with Gasteiger partial charge in [0.25, 0.3) is 0 Å². The van der Waals surface area contributed by atoms with Crippen LogP contribution in [-0.2, 0) is 16.1 Å². The summed E-state index contributed by atoms with van der Waals surface area (Å²) in [5.74, 6) is -0.816. The number of benzene rings is 1. The van der Waals surface area contributed by atoms with Crippen molar-refractivity contribution in [3.63, 3.8) is 0 Å². The first-order chi connectivity index (χ1) is 6.61. The molecule has 0 bridgehead atoms. The lowest BCUT2D eigenvalue weighted by Gasteiger charge is -2.06. The minimum absolute atomic E-state index is 0.0452. The summed E-state index contributed by atoms with van der Waals surface area (Å²) >= 11 is 3.90. The van der Waals surface area contributed by atoms with Gasteiger partial charge in [-0.1, -0.05) is 18.2 Å².